The topological polar surface area (TPSA) is 29.1 Å². The number of anilines is 1. The molecule has 0 atom stereocenters. The summed E-state index contributed by atoms with van der Waals surface area (Å²) in [5.41, 5.74) is -0.833. The molecule has 0 radical (unpaired) electrons. The molecule has 20 heavy (non-hydrogen) atoms. The standard InChI is InChI=1S/C14H9F4NO/c15-12-4-2-1-3-11(12)13(20)19-10-7-5-9(6-8-10)14(16,17)18/h1-8H,(H,19,20). The fourth-order valence-corrected chi connectivity index (χ4v) is 1.59. The predicted octanol–water partition coefficient (Wildman–Crippen LogP) is 4.10. The second-order valence-electron chi connectivity index (χ2n) is 4.01. The molecule has 2 nitrogen and oxygen atoms in total. The number of hydrogen-bond acceptors (Lipinski definition) is 1. The molecule has 0 fully saturated rings. The van der Waals surface area contributed by atoms with Crippen molar-refractivity contribution in [3.05, 3.63) is 65.5 Å². The van der Waals surface area contributed by atoms with Crippen LogP contribution in [0.3, 0.4) is 0 Å². The van der Waals surface area contributed by atoms with Crippen LogP contribution in [0.1, 0.15) is 15.9 Å². The second kappa shape index (κ2) is 5.32. The van der Waals surface area contributed by atoms with Gasteiger partial charge in [0.2, 0.25) is 0 Å². The number of carbonyl (C=O) groups excluding carboxylic acids is 1. The van der Waals surface area contributed by atoms with Gasteiger partial charge in [0.1, 0.15) is 5.82 Å². The molecule has 0 aliphatic carbocycles. The number of halogens is 4. The van der Waals surface area contributed by atoms with E-state index in [0.717, 1.165) is 30.3 Å². The van der Waals surface area contributed by atoms with E-state index < -0.39 is 23.5 Å². The third-order valence-electron chi connectivity index (χ3n) is 2.59. The maximum Gasteiger partial charge on any atom is 0.416 e. The molecule has 104 valence electrons. The largest absolute Gasteiger partial charge is 0.416 e. The molecule has 0 spiro atoms. The predicted molar refractivity (Wildman–Crippen MR) is 65.8 cm³/mol. The first-order valence-corrected chi connectivity index (χ1v) is 5.61. The van der Waals surface area contributed by atoms with Gasteiger partial charge in [0, 0.05) is 5.69 Å². The maximum atomic E-state index is 13.4. The minimum atomic E-state index is -4.44. The highest BCUT2D eigenvalue weighted by Gasteiger charge is 2.30. The Morgan fingerprint density at radius 3 is 2.10 bits per heavy atom. The summed E-state index contributed by atoms with van der Waals surface area (Å²) < 4.78 is 50.4. The number of amides is 1. The number of alkyl halides is 3. The lowest BCUT2D eigenvalue weighted by molar-refractivity contribution is -0.137. The Balaban J connectivity index is 2.15. The van der Waals surface area contributed by atoms with Crippen molar-refractivity contribution in [1.29, 1.82) is 0 Å². The quantitative estimate of drug-likeness (QED) is 0.826. The highest BCUT2D eigenvalue weighted by molar-refractivity contribution is 6.04. The van der Waals surface area contributed by atoms with Crippen molar-refractivity contribution in [3.8, 4) is 0 Å². The molecular formula is C14H9F4NO. The Hall–Kier alpha value is -2.37. The molecule has 0 aromatic heterocycles. The lowest BCUT2D eigenvalue weighted by Gasteiger charge is -2.09. The average Bonchev–Trinajstić information content (AvgIpc) is 2.38. The molecule has 1 N–H and O–H groups in total. The highest BCUT2D eigenvalue weighted by Crippen LogP contribution is 2.29. The Bertz CT molecular complexity index is 620. The smallest absolute Gasteiger partial charge is 0.322 e. The molecule has 0 saturated heterocycles. The van der Waals surface area contributed by atoms with Crippen molar-refractivity contribution in [2.75, 3.05) is 5.32 Å². The zero-order valence-corrected chi connectivity index (χ0v) is 10.0. The van der Waals surface area contributed by atoms with Crippen LogP contribution in [0.2, 0.25) is 0 Å². The summed E-state index contributed by atoms with van der Waals surface area (Å²) in [6.07, 6.45) is -4.44. The molecule has 2 aromatic rings. The molecule has 0 saturated carbocycles. The third-order valence-corrected chi connectivity index (χ3v) is 2.59. The molecule has 6 heteroatoms. The zero-order chi connectivity index (χ0) is 14.8. The number of carbonyl (C=O) groups is 1. The van der Waals surface area contributed by atoms with Gasteiger partial charge < -0.3 is 5.32 Å². The van der Waals surface area contributed by atoms with Crippen LogP contribution in [-0.2, 0) is 6.18 Å². The summed E-state index contributed by atoms with van der Waals surface area (Å²) >= 11 is 0. The van der Waals surface area contributed by atoms with E-state index in [1.165, 1.54) is 18.2 Å². The maximum absolute atomic E-state index is 13.4. The molecule has 0 aliphatic heterocycles. The van der Waals surface area contributed by atoms with Gasteiger partial charge in [0.15, 0.2) is 0 Å². The fraction of sp³-hybridized carbons (Fsp3) is 0.0714. The van der Waals surface area contributed by atoms with Crippen molar-refractivity contribution in [3.63, 3.8) is 0 Å². The van der Waals surface area contributed by atoms with E-state index in [1.54, 1.807) is 0 Å². The number of rotatable bonds is 2. The van der Waals surface area contributed by atoms with Gasteiger partial charge in [-0.1, -0.05) is 12.1 Å². The minimum absolute atomic E-state index is 0.159. The van der Waals surface area contributed by atoms with Gasteiger partial charge in [-0.15, -0.1) is 0 Å². The van der Waals surface area contributed by atoms with E-state index in [0.29, 0.717) is 0 Å². The van der Waals surface area contributed by atoms with Crippen LogP contribution < -0.4 is 5.32 Å². The Labute approximate surface area is 112 Å². The first-order chi connectivity index (χ1) is 9.38. The molecule has 0 heterocycles. The van der Waals surface area contributed by atoms with Gasteiger partial charge in [-0.05, 0) is 36.4 Å². The molecule has 2 rings (SSSR count). The first-order valence-electron chi connectivity index (χ1n) is 5.61. The van der Waals surface area contributed by atoms with E-state index in [-0.39, 0.29) is 11.3 Å². The fourth-order valence-electron chi connectivity index (χ4n) is 1.59. The van der Waals surface area contributed by atoms with Gasteiger partial charge in [0.25, 0.3) is 5.91 Å². The van der Waals surface area contributed by atoms with Crippen LogP contribution in [0.5, 0.6) is 0 Å². The molecule has 0 bridgehead atoms. The van der Waals surface area contributed by atoms with E-state index in [9.17, 15) is 22.4 Å². The average molecular weight is 283 g/mol. The van der Waals surface area contributed by atoms with Crippen molar-refractivity contribution in [1.82, 2.24) is 0 Å². The van der Waals surface area contributed by atoms with Crippen LogP contribution in [-0.4, -0.2) is 5.91 Å². The molecule has 0 aliphatic rings. The highest BCUT2D eigenvalue weighted by atomic mass is 19.4. The molecule has 1 amide bonds. The van der Waals surface area contributed by atoms with Crippen LogP contribution in [0, 0.1) is 5.82 Å². The van der Waals surface area contributed by atoms with Crippen molar-refractivity contribution in [2.24, 2.45) is 0 Å². The summed E-state index contributed by atoms with van der Waals surface area (Å²) in [6.45, 7) is 0. The number of nitrogens with one attached hydrogen (secondary N) is 1. The normalized spacial score (nSPS) is 11.2. The molecular weight excluding hydrogens is 274 g/mol. The lowest BCUT2D eigenvalue weighted by atomic mass is 10.1. The van der Waals surface area contributed by atoms with E-state index >= 15 is 0 Å². The summed E-state index contributed by atoms with van der Waals surface area (Å²) in [5, 5.41) is 2.33. The van der Waals surface area contributed by atoms with Gasteiger partial charge in [-0.2, -0.15) is 13.2 Å². The van der Waals surface area contributed by atoms with E-state index in [1.807, 2.05) is 0 Å². The van der Waals surface area contributed by atoms with Crippen LogP contribution in [0.4, 0.5) is 23.2 Å². The van der Waals surface area contributed by atoms with Gasteiger partial charge in [-0.3, -0.25) is 4.79 Å². The van der Waals surface area contributed by atoms with Crippen LogP contribution in [0.15, 0.2) is 48.5 Å². The Morgan fingerprint density at radius 1 is 0.950 bits per heavy atom. The number of hydrogen-bond donors (Lipinski definition) is 1. The van der Waals surface area contributed by atoms with Crippen LogP contribution in [0.25, 0.3) is 0 Å². The van der Waals surface area contributed by atoms with Gasteiger partial charge >= 0.3 is 6.18 Å². The SMILES string of the molecule is O=C(Nc1ccc(C(F)(F)F)cc1)c1ccccc1F. The summed E-state index contributed by atoms with van der Waals surface area (Å²) in [4.78, 5) is 11.7. The zero-order valence-electron chi connectivity index (χ0n) is 10.0. The second-order valence-corrected chi connectivity index (χ2v) is 4.01. The van der Waals surface area contributed by atoms with Gasteiger partial charge in [-0.25, -0.2) is 4.39 Å². The molecule has 0 unspecified atom stereocenters. The Kier molecular flexibility index (Phi) is 3.74. The third kappa shape index (κ3) is 3.14. The summed E-state index contributed by atoms with van der Waals surface area (Å²) in [7, 11) is 0. The lowest BCUT2D eigenvalue weighted by Crippen LogP contribution is -2.14. The first kappa shape index (κ1) is 14.0. The van der Waals surface area contributed by atoms with Crippen molar-refractivity contribution in [2.45, 2.75) is 6.18 Å². The summed E-state index contributed by atoms with van der Waals surface area (Å²) in [6, 6.07) is 9.25. The van der Waals surface area contributed by atoms with E-state index in [4.69, 9.17) is 0 Å². The van der Waals surface area contributed by atoms with Crippen molar-refractivity contribution < 1.29 is 22.4 Å². The van der Waals surface area contributed by atoms with Crippen molar-refractivity contribution >= 4 is 11.6 Å². The minimum Gasteiger partial charge on any atom is -0.322 e. The van der Waals surface area contributed by atoms with Gasteiger partial charge in [0.05, 0.1) is 11.1 Å². The molecule has 2 aromatic carbocycles. The van der Waals surface area contributed by atoms with E-state index in [2.05, 4.69) is 5.32 Å². The Morgan fingerprint density at radius 2 is 1.55 bits per heavy atom. The van der Waals surface area contributed by atoms with Crippen LogP contribution >= 0.6 is 0 Å². The summed E-state index contributed by atoms with van der Waals surface area (Å²) in [5.74, 6) is -1.42. The number of benzene rings is 2. The monoisotopic (exact) mass is 283 g/mol.